The first-order chi connectivity index (χ1) is 22.5. The Labute approximate surface area is 275 Å². The molecule has 1 spiro atoms. The van der Waals surface area contributed by atoms with Crippen LogP contribution in [0.5, 0.6) is 0 Å². The van der Waals surface area contributed by atoms with Crippen molar-refractivity contribution >= 4 is 37.2 Å². The van der Waals surface area contributed by atoms with Crippen LogP contribution >= 0.6 is 0 Å². The number of hydrogen-bond acceptors (Lipinski definition) is 7. The summed E-state index contributed by atoms with van der Waals surface area (Å²) < 4.78 is 8.70. The molecule has 3 aromatic carbocycles. The van der Waals surface area contributed by atoms with Gasteiger partial charge < -0.3 is 19.5 Å². The van der Waals surface area contributed by atoms with Crippen LogP contribution in [0.4, 0.5) is 17.1 Å². The second kappa shape index (κ2) is 11.8. The Bertz CT molecular complexity index is 1820. The predicted octanol–water partition coefficient (Wildman–Crippen LogP) is 4.88. The number of fused-ring (bicyclic) bond motifs is 3. The summed E-state index contributed by atoms with van der Waals surface area (Å²) in [5.41, 5.74) is 4.23. The number of aliphatic hydroxyl groups is 1. The van der Waals surface area contributed by atoms with E-state index in [-0.39, 0.29) is 35.8 Å². The van der Waals surface area contributed by atoms with Gasteiger partial charge in [-0.25, -0.2) is 0 Å². The Kier molecular flexibility index (Phi) is 7.90. The fraction of sp³-hybridized carbons (Fsp3) is 0.389. The van der Waals surface area contributed by atoms with E-state index >= 15 is 0 Å². The maximum atomic E-state index is 14.3. The summed E-state index contributed by atoms with van der Waals surface area (Å²) in [6.07, 6.45) is 3.05. The number of aryl methyl sites for hydroxylation is 2. The van der Waals surface area contributed by atoms with E-state index in [9.17, 15) is 19.5 Å². The monoisotopic (exact) mass is 651 g/mol. The quantitative estimate of drug-likeness (QED) is 0.261. The van der Waals surface area contributed by atoms with Crippen molar-refractivity contribution in [2.75, 3.05) is 23.5 Å². The molecule has 244 valence electrons. The first kappa shape index (κ1) is 31.4. The van der Waals surface area contributed by atoms with Gasteiger partial charge in [0.15, 0.2) is 13.9 Å². The van der Waals surface area contributed by atoms with Crippen molar-refractivity contribution in [1.82, 2.24) is 15.0 Å². The zero-order valence-corrected chi connectivity index (χ0v) is 28.2. The molecule has 0 saturated carbocycles. The summed E-state index contributed by atoms with van der Waals surface area (Å²) in [5, 5.41) is 18.9. The molecule has 1 unspecified atom stereocenters. The van der Waals surface area contributed by atoms with Gasteiger partial charge in [-0.2, -0.15) is 0 Å². The molecule has 2 amide bonds. The number of rotatable bonds is 8. The van der Waals surface area contributed by atoms with Crippen molar-refractivity contribution in [1.29, 1.82) is 0 Å². The third-order valence-corrected chi connectivity index (χ3v) is 12.9. The van der Waals surface area contributed by atoms with Crippen LogP contribution in [0.3, 0.4) is 0 Å². The van der Waals surface area contributed by atoms with Gasteiger partial charge in [0.25, 0.3) is 5.91 Å². The number of para-hydroxylation sites is 1. The molecular weight excluding hydrogens is 611 g/mol. The summed E-state index contributed by atoms with van der Waals surface area (Å²) in [6.45, 7) is 6.21. The van der Waals surface area contributed by atoms with Crippen LogP contribution < -0.4 is 9.80 Å². The molecule has 1 fully saturated rings. The average Bonchev–Trinajstić information content (AvgIpc) is 3.71. The highest BCUT2D eigenvalue weighted by Gasteiger charge is 2.65. The molecule has 3 aliphatic rings. The van der Waals surface area contributed by atoms with Crippen LogP contribution in [-0.4, -0.2) is 64.8 Å². The molecule has 4 heterocycles. The van der Waals surface area contributed by atoms with Gasteiger partial charge in [-0.1, -0.05) is 60.7 Å². The molecule has 0 radical (unpaired) electrons. The minimum absolute atomic E-state index is 0.0123. The summed E-state index contributed by atoms with van der Waals surface area (Å²) in [5.74, 6) is -0.759. The minimum atomic E-state index is -2.86. The number of anilines is 3. The van der Waals surface area contributed by atoms with Gasteiger partial charge in [-0.05, 0) is 61.3 Å². The Morgan fingerprint density at radius 1 is 1.02 bits per heavy atom. The minimum Gasteiger partial charge on any atom is -0.432 e. The lowest BCUT2D eigenvalue weighted by Gasteiger charge is -2.33. The SMILES string of the molecule is C[C@@H]1[C@@H]([Si](C)(C)O)[C@H](CCn2cc(C(CO)c3ccccc3)nn2)O[C@@]12C(=O)N(C)c1ccc(N3C(=O)CCc4ccccc43)cc12. The molecule has 10 nitrogen and oxygen atoms in total. The predicted molar refractivity (Wildman–Crippen MR) is 181 cm³/mol. The molecule has 2 N–H and O–H groups in total. The first-order valence-electron chi connectivity index (χ1n) is 16.3. The lowest BCUT2D eigenvalue weighted by atomic mass is 9.82. The van der Waals surface area contributed by atoms with Crippen LogP contribution in [0.25, 0.3) is 0 Å². The largest absolute Gasteiger partial charge is 0.432 e. The fourth-order valence-electron chi connectivity index (χ4n) is 8.19. The van der Waals surface area contributed by atoms with Crippen molar-refractivity contribution in [3.05, 3.63) is 101 Å². The lowest BCUT2D eigenvalue weighted by molar-refractivity contribution is -0.145. The summed E-state index contributed by atoms with van der Waals surface area (Å²) in [4.78, 5) is 42.7. The molecule has 0 aliphatic carbocycles. The fourth-order valence-corrected chi connectivity index (χ4v) is 10.8. The highest BCUT2D eigenvalue weighted by atomic mass is 28.4. The highest BCUT2D eigenvalue weighted by molar-refractivity contribution is 6.71. The van der Waals surface area contributed by atoms with Crippen LogP contribution in [0.2, 0.25) is 18.6 Å². The van der Waals surface area contributed by atoms with Crippen molar-refractivity contribution in [2.45, 2.75) is 69.0 Å². The van der Waals surface area contributed by atoms with E-state index in [1.54, 1.807) is 21.5 Å². The van der Waals surface area contributed by atoms with Crippen LogP contribution in [-0.2, 0) is 32.9 Å². The van der Waals surface area contributed by atoms with Crippen molar-refractivity contribution in [2.24, 2.45) is 5.92 Å². The maximum Gasteiger partial charge on any atom is 0.264 e. The Morgan fingerprint density at radius 2 is 1.77 bits per heavy atom. The highest BCUT2D eigenvalue weighted by Crippen LogP contribution is 2.60. The third kappa shape index (κ3) is 5.12. The number of hydrogen-bond donors (Lipinski definition) is 2. The van der Waals surface area contributed by atoms with Crippen LogP contribution in [0.1, 0.15) is 48.1 Å². The number of aliphatic hydroxyl groups excluding tert-OH is 1. The van der Waals surface area contributed by atoms with E-state index in [0.29, 0.717) is 37.2 Å². The molecule has 0 bridgehead atoms. The number of aromatic nitrogens is 3. The maximum absolute atomic E-state index is 14.3. The van der Waals surface area contributed by atoms with Crippen LogP contribution in [0.15, 0.2) is 79.0 Å². The second-order valence-corrected chi connectivity index (χ2v) is 17.6. The van der Waals surface area contributed by atoms with Gasteiger partial charge >= 0.3 is 0 Å². The van der Waals surface area contributed by atoms with Gasteiger partial charge in [0.2, 0.25) is 5.91 Å². The van der Waals surface area contributed by atoms with Crippen molar-refractivity contribution in [3.8, 4) is 0 Å². The van der Waals surface area contributed by atoms with Gasteiger partial charge in [0.1, 0.15) is 0 Å². The second-order valence-electron chi connectivity index (χ2n) is 13.6. The van der Waals surface area contributed by atoms with E-state index in [0.717, 1.165) is 28.1 Å². The van der Waals surface area contributed by atoms with E-state index in [2.05, 4.69) is 16.4 Å². The summed E-state index contributed by atoms with van der Waals surface area (Å²) in [7, 11) is -1.10. The number of carbonyl (C=O) groups is 2. The topological polar surface area (TPSA) is 121 Å². The number of benzene rings is 3. The average molecular weight is 652 g/mol. The van der Waals surface area contributed by atoms with Gasteiger partial charge in [0, 0.05) is 48.9 Å². The first-order valence-corrected chi connectivity index (χ1v) is 19.4. The number of nitrogens with zero attached hydrogens (tertiary/aromatic N) is 5. The molecule has 1 saturated heterocycles. The molecule has 5 atom stereocenters. The molecule has 1 aromatic heterocycles. The van der Waals surface area contributed by atoms with Gasteiger partial charge in [-0.3, -0.25) is 19.2 Å². The van der Waals surface area contributed by atoms with Crippen LogP contribution in [0, 0.1) is 5.92 Å². The summed E-state index contributed by atoms with van der Waals surface area (Å²) >= 11 is 0. The summed E-state index contributed by atoms with van der Waals surface area (Å²) in [6, 6.07) is 23.4. The molecule has 3 aliphatic heterocycles. The lowest BCUT2D eigenvalue weighted by Crippen LogP contribution is -2.45. The molecule has 47 heavy (non-hydrogen) atoms. The number of likely N-dealkylation sites (N-methyl/N-ethyl adjacent to an activating group) is 1. The smallest absolute Gasteiger partial charge is 0.264 e. The zero-order chi connectivity index (χ0) is 33.1. The standard InChI is InChI=1S/C36H41N5O5Si/c1-23-34(47(3,4)45)32(18-19-40-21-29(37-38-40)27(22-42)24-10-6-5-7-11-24)46-36(23)28-20-26(15-16-31(28)39(2)35(36)44)41-30-13-9-8-12-25(30)14-17-33(41)43/h5-13,15-16,20-21,23,27,32,34,42,45H,14,17-19,22H2,1-4H3/t23-,27?,32+,34-,36+/m1/s1. The zero-order valence-electron chi connectivity index (χ0n) is 27.2. The normalized spacial score (nSPS) is 24.6. The van der Waals surface area contributed by atoms with Crippen molar-refractivity contribution < 1.29 is 24.2 Å². The Morgan fingerprint density at radius 3 is 2.51 bits per heavy atom. The number of ether oxygens (including phenoxy) is 1. The van der Waals surface area contributed by atoms with E-state index < -0.39 is 20.0 Å². The molecular formula is C36H41N5O5Si. The molecule has 7 rings (SSSR count). The Balaban J connectivity index is 1.21. The molecule has 11 heteroatoms. The van der Waals surface area contributed by atoms with E-state index in [4.69, 9.17) is 4.74 Å². The number of carbonyl (C=O) groups excluding carboxylic acids is 2. The van der Waals surface area contributed by atoms with E-state index in [1.165, 1.54) is 0 Å². The molecule has 4 aromatic rings. The van der Waals surface area contributed by atoms with Gasteiger partial charge in [-0.15, -0.1) is 5.10 Å². The van der Waals surface area contributed by atoms with Gasteiger partial charge in [0.05, 0.1) is 35.7 Å². The third-order valence-electron chi connectivity index (χ3n) is 10.4. The van der Waals surface area contributed by atoms with Crippen molar-refractivity contribution in [3.63, 3.8) is 0 Å². The number of amides is 2. The van der Waals surface area contributed by atoms with E-state index in [1.807, 2.05) is 92.9 Å². The Hall–Kier alpha value is -4.16.